The van der Waals surface area contributed by atoms with Crippen molar-refractivity contribution in [2.24, 2.45) is 7.05 Å². The molecule has 1 aliphatic heterocycles. The first-order valence-corrected chi connectivity index (χ1v) is 13.2. The maximum atomic E-state index is 14.2. The second-order valence-corrected chi connectivity index (χ2v) is 10.3. The Kier molecular flexibility index (Phi) is 7.19. The minimum absolute atomic E-state index is 0.0162. The number of hydrogen-bond donors (Lipinski definition) is 0. The summed E-state index contributed by atoms with van der Waals surface area (Å²) in [6.07, 6.45) is 0.668. The van der Waals surface area contributed by atoms with Crippen molar-refractivity contribution in [3.8, 4) is 6.07 Å². The topological polar surface area (TPSA) is 65.2 Å². The van der Waals surface area contributed by atoms with Crippen molar-refractivity contribution >= 4 is 16.7 Å². The molecular weight excluding hydrogens is 496 g/mol. The normalized spacial score (nSPS) is 18.7. The summed E-state index contributed by atoms with van der Waals surface area (Å²) in [6, 6.07) is 18.3. The molecule has 3 heterocycles. The highest BCUT2D eigenvalue weighted by Crippen LogP contribution is 2.37. The molecule has 0 saturated carbocycles. The first kappa shape index (κ1) is 26.5. The van der Waals surface area contributed by atoms with Gasteiger partial charge in [0.25, 0.3) is 5.56 Å². The number of aryl methyl sites for hydroxylation is 2. The summed E-state index contributed by atoms with van der Waals surface area (Å²) >= 11 is 0. The van der Waals surface area contributed by atoms with Gasteiger partial charge in [0.2, 0.25) is 0 Å². The Hall–Kier alpha value is -4.09. The molecule has 0 bridgehead atoms. The lowest BCUT2D eigenvalue weighted by molar-refractivity contribution is 0.129. The van der Waals surface area contributed by atoms with Crippen molar-refractivity contribution in [3.63, 3.8) is 0 Å². The van der Waals surface area contributed by atoms with E-state index in [2.05, 4.69) is 34.7 Å². The quantitative estimate of drug-likeness (QED) is 0.351. The number of aromatic nitrogens is 2. The second-order valence-electron chi connectivity index (χ2n) is 10.3. The van der Waals surface area contributed by atoms with Gasteiger partial charge in [-0.3, -0.25) is 9.69 Å². The Balaban J connectivity index is 1.58. The van der Waals surface area contributed by atoms with Crippen LogP contribution in [0, 0.1) is 23.0 Å². The maximum absolute atomic E-state index is 14.2. The van der Waals surface area contributed by atoms with E-state index in [9.17, 15) is 18.8 Å². The van der Waals surface area contributed by atoms with Crippen LogP contribution in [-0.2, 0) is 13.5 Å². The SMILES string of the molecule is CCc1cc(F)ccc1C(c1ccc(F)cc1)N1C[C@H](C)N(c2cc(=O)n(C)c3ccc(C#N)nc23)CC1C. The molecule has 1 saturated heterocycles. The van der Waals surface area contributed by atoms with Crippen LogP contribution in [0.5, 0.6) is 0 Å². The van der Waals surface area contributed by atoms with E-state index in [0.29, 0.717) is 41.9 Å². The van der Waals surface area contributed by atoms with E-state index in [-0.39, 0.29) is 35.3 Å². The van der Waals surface area contributed by atoms with Crippen LogP contribution in [-0.4, -0.2) is 39.6 Å². The Morgan fingerprint density at radius 3 is 2.41 bits per heavy atom. The molecule has 8 heteroatoms. The zero-order valence-corrected chi connectivity index (χ0v) is 22.5. The van der Waals surface area contributed by atoms with E-state index < -0.39 is 0 Å². The molecule has 0 radical (unpaired) electrons. The van der Waals surface area contributed by atoms with Crippen LogP contribution in [0.1, 0.15) is 49.2 Å². The van der Waals surface area contributed by atoms with E-state index >= 15 is 0 Å². The van der Waals surface area contributed by atoms with Gasteiger partial charge >= 0.3 is 0 Å². The van der Waals surface area contributed by atoms with Gasteiger partial charge in [0, 0.05) is 38.3 Å². The van der Waals surface area contributed by atoms with Gasteiger partial charge in [-0.1, -0.05) is 25.1 Å². The van der Waals surface area contributed by atoms with Gasteiger partial charge in [-0.15, -0.1) is 0 Å². The average molecular weight is 528 g/mol. The molecule has 2 aromatic heterocycles. The molecule has 2 unspecified atom stereocenters. The van der Waals surface area contributed by atoms with Gasteiger partial charge in [0.1, 0.15) is 28.9 Å². The number of nitriles is 1. The number of benzene rings is 2. The van der Waals surface area contributed by atoms with Gasteiger partial charge in [-0.05, 0) is 73.4 Å². The fourth-order valence-electron chi connectivity index (χ4n) is 5.78. The largest absolute Gasteiger partial charge is 0.364 e. The van der Waals surface area contributed by atoms with Gasteiger partial charge in [0.05, 0.1) is 17.2 Å². The fourth-order valence-corrected chi connectivity index (χ4v) is 5.78. The lowest BCUT2D eigenvalue weighted by Crippen LogP contribution is -2.57. The summed E-state index contributed by atoms with van der Waals surface area (Å²) in [6.45, 7) is 7.47. The summed E-state index contributed by atoms with van der Waals surface area (Å²) in [7, 11) is 1.70. The highest BCUT2D eigenvalue weighted by atomic mass is 19.1. The lowest BCUT2D eigenvalue weighted by Gasteiger charge is -2.49. The highest BCUT2D eigenvalue weighted by Gasteiger charge is 2.36. The smallest absolute Gasteiger partial charge is 0.252 e. The predicted molar refractivity (Wildman–Crippen MR) is 149 cm³/mol. The van der Waals surface area contributed by atoms with Crippen molar-refractivity contribution in [2.75, 3.05) is 18.0 Å². The standard InChI is InChI=1S/C31H31F2N5O/c1-5-21-14-24(33)10-12-26(21)31(22-6-8-23(32)9-7-22)38-18-19(2)37(17-20(38)3)28-15-29(39)36(4)27-13-11-25(16-34)35-30(27)28/h6-15,19-20,31H,5,17-18H2,1-4H3/t19-,20?,31?/m0/s1. The summed E-state index contributed by atoms with van der Waals surface area (Å²) in [5, 5.41) is 9.46. The molecule has 2 aromatic carbocycles. The molecule has 0 amide bonds. The number of piperazine rings is 1. The third-order valence-corrected chi connectivity index (χ3v) is 7.82. The third-order valence-electron chi connectivity index (χ3n) is 7.82. The van der Waals surface area contributed by atoms with E-state index in [4.69, 9.17) is 0 Å². The fraction of sp³-hybridized carbons (Fsp3) is 0.323. The van der Waals surface area contributed by atoms with E-state index in [1.807, 2.05) is 13.0 Å². The Morgan fingerprint density at radius 1 is 1.00 bits per heavy atom. The zero-order chi connectivity index (χ0) is 27.8. The second kappa shape index (κ2) is 10.6. The predicted octanol–water partition coefficient (Wildman–Crippen LogP) is 5.33. The summed E-state index contributed by atoms with van der Waals surface area (Å²) in [5.74, 6) is -0.582. The van der Waals surface area contributed by atoms with Gasteiger partial charge in [-0.25, -0.2) is 13.8 Å². The molecule has 1 aliphatic rings. The number of fused-ring (bicyclic) bond motifs is 1. The van der Waals surface area contributed by atoms with Crippen molar-refractivity contribution in [1.29, 1.82) is 5.26 Å². The van der Waals surface area contributed by atoms with Crippen LogP contribution < -0.4 is 10.5 Å². The lowest BCUT2D eigenvalue weighted by atomic mass is 9.89. The van der Waals surface area contributed by atoms with Crippen LogP contribution in [0.15, 0.2) is 65.5 Å². The first-order chi connectivity index (χ1) is 18.7. The number of rotatable bonds is 5. The number of pyridine rings is 2. The zero-order valence-electron chi connectivity index (χ0n) is 22.5. The minimum atomic E-state index is -0.305. The van der Waals surface area contributed by atoms with Gasteiger partial charge in [-0.2, -0.15) is 5.26 Å². The molecule has 39 heavy (non-hydrogen) atoms. The highest BCUT2D eigenvalue weighted by molar-refractivity contribution is 5.89. The Morgan fingerprint density at radius 2 is 1.72 bits per heavy atom. The number of halogens is 2. The van der Waals surface area contributed by atoms with Crippen LogP contribution in [0.2, 0.25) is 0 Å². The van der Waals surface area contributed by atoms with Crippen LogP contribution in [0.3, 0.4) is 0 Å². The van der Waals surface area contributed by atoms with Crippen molar-refractivity contribution in [3.05, 3.63) is 105 Å². The van der Waals surface area contributed by atoms with Gasteiger partial charge in [0.15, 0.2) is 0 Å². The third kappa shape index (κ3) is 4.90. The molecule has 5 rings (SSSR count). The molecule has 6 nitrogen and oxygen atoms in total. The monoisotopic (exact) mass is 527 g/mol. The average Bonchev–Trinajstić information content (AvgIpc) is 2.94. The van der Waals surface area contributed by atoms with Crippen LogP contribution in [0.4, 0.5) is 14.5 Å². The molecular formula is C31H31F2N5O. The molecule has 3 atom stereocenters. The molecule has 0 N–H and O–H groups in total. The van der Waals surface area contributed by atoms with E-state index in [1.54, 1.807) is 48.0 Å². The molecule has 0 aliphatic carbocycles. The van der Waals surface area contributed by atoms with E-state index in [1.165, 1.54) is 18.2 Å². The molecule has 200 valence electrons. The number of anilines is 1. The molecule has 0 spiro atoms. The Bertz CT molecular complexity index is 1630. The van der Waals surface area contributed by atoms with Crippen LogP contribution >= 0.6 is 0 Å². The van der Waals surface area contributed by atoms with Crippen molar-refractivity contribution in [1.82, 2.24) is 14.5 Å². The maximum Gasteiger partial charge on any atom is 0.252 e. The van der Waals surface area contributed by atoms with Crippen molar-refractivity contribution in [2.45, 2.75) is 45.3 Å². The van der Waals surface area contributed by atoms with Crippen LogP contribution in [0.25, 0.3) is 11.0 Å². The number of hydrogen-bond acceptors (Lipinski definition) is 5. The number of nitrogens with zero attached hydrogens (tertiary/aromatic N) is 5. The van der Waals surface area contributed by atoms with Crippen molar-refractivity contribution < 1.29 is 8.78 Å². The summed E-state index contributed by atoms with van der Waals surface area (Å²) < 4.78 is 29.6. The summed E-state index contributed by atoms with van der Waals surface area (Å²) in [5.41, 5.74) is 4.99. The molecule has 4 aromatic rings. The first-order valence-electron chi connectivity index (χ1n) is 13.2. The molecule has 1 fully saturated rings. The van der Waals surface area contributed by atoms with Gasteiger partial charge < -0.3 is 9.47 Å². The Labute approximate surface area is 226 Å². The minimum Gasteiger partial charge on any atom is -0.364 e. The van der Waals surface area contributed by atoms with E-state index in [0.717, 1.165) is 16.7 Å². The summed E-state index contributed by atoms with van der Waals surface area (Å²) in [4.78, 5) is 22.0.